The number of nitrogens with zero attached hydrogens (tertiary/aromatic N) is 3. The second kappa shape index (κ2) is 4.46. The SMILES string of the molecule is O=c1c2ccccc2nc2n1c1cccc3c4ccccc4c(=O)n2c31. The van der Waals surface area contributed by atoms with E-state index in [0.29, 0.717) is 27.6 Å². The topological polar surface area (TPSA) is 55.9 Å². The van der Waals surface area contributed by atoms with Gasteiger partial charge in [-0.3, -0.25) is 9.59 Å². The standard InChI is InChI=1S/C21H11N3O2/c25-19-14-7-2-1-6-12(14)13-9-5-11-17-18(13)24(19)21-22-16-10-4-3-8-15(16)20(26)23(17)21/h1-11H. The predicted octanol–water partition coefficient (Wildman–Crippen LogP) is 3.20. The normalized spacial score (nSPS) is 12.2. The van der Waals surface area contributed by atoms with Gasteiger partial charge < -0.3 is 0 Å². The molecule has 3 aromatic heterocycles. The Balaban J connectivity index is 2.10. The van der Waals surface area contributed by atoms with E-state index in [1.54, 1.807) is 20.9 Å². The summed E-state index contributed by atoms with van der Waals surface area (Å²) in [6, 6.07) is 20.5. The Morgan fingerprint density at radius 1 is 0.615 bits per heavy atom. The lowest BCUT2D eigenvalue weighted by molar-refractivity contribution is 1.06. The van der Waals surface area contributed by atoms with E-state index in [-0.39, 0.29) is 11.1 Å². The summed E-state index contributed by atoms with van der Waals surface area (Å²) in [6.07, 6.45) is 0. The van der Waals surface area contributed by atoms with Crippen LogP contribution in [0.5, 0.6) is 0 Å². The molecule has 0 saturated heterocycles. The molecule has 0 amide bonds. The van der Waals surface area contributed by atoms with Gasteiger partial charge in [0.1, 0.15) is 0 Å². The molecule has 3 aromatic carbocycles. The van der Waals surface area contributed by atoms with E-state index in [0.717, 1.165) is 16.3 Å². The number of pyridine rings is 1. The van der Waals surface area contributed by atoms with Gasteiger partial charge >= 0.3 is 0 Å². The molecule has 0 radical (unpaired) electrons. The average Bonchev–Trinajstić information content (AvgIpc) is 3.02. The lowest BCUT2D eigenvalue weighted by Gasteiger charge is -2.04. The van der Waals surface area contributed by atoms with Gasteiger partial charge in [0.15, 0.2) is 0 Å². The molecule has 6 rings (SSSR count). The smallest absolute Gasteiger partial charge is 0.267 e. The number of aromatic nitrogens is 3. The first-order chi connectivity index (χ1) is 12.8. The van der Waals surface area contributed by atoms with Crippen LogP contribution in [0.4, 0.5) is 0 Å². The van der Waals surface area contributed by atoms with Gasteiger partial charge in [0, 0.05) is 10.8 Å². The van der Waals surface area contributed by atoms with Gasteiger partial charge in [0.25, 0.3) is 11.1 Å². The molecule has 0 fully saturated rings. The minimum atomic E-state index is -0.162. The van der Waals surface area contributed by atoms with Crippen molar-refractivity contribution >= 4 is 43.9 Å². The summed E-state index contributed by atoms with van der Waals surface area (Å²) in [4.78, 5) is 31.0. The highest BCUT2D eigenvalue weighted by Gasteiger charge is 2.19. The van der Waals surface area contributed by atoms with Gasteiger partial charge in [-0.15, -0.1) is 0 Å². The zero-order valence-electron chi connectivity index (χ0n) is 13.5. The highest BCUT2D eigenvalue weighted by molar-refractivity contribution is 6.11. The number of hydrogen-bond acceptors (Lipinski definition) is 3. The van der Waals surface area contributed by atoms with Crippen LogP contribution >= 0.6 is 0 Å². The zero-order chi connectivity index (χ0) is 17.4. The summed E-state index contributed by atoms with van der Waals surface area (Å²) in [5.74, 6) is 0.357. The molecule has 0 aliphatic rings. The van der Waals surface area contributed by atoms with E-state index >= 15 is 0 Å². The van der Waals surface area contributed by atoms with Crippen LogP contribution in [0.15, 0.2) is 76.3 Å². The van der Waals surface area contributed by atoms with Crippen molar-refractivity contribution in [1.82, 2.24) is 13.8 Å². The van der Waals surface area contributed by atoms with Crippen LogP contribution in [-0.2, 0) is 0 Å². The molecular formula is C21H11N3O2. The van der Waals surface area contributed by atoms with Crippen LogP contribution in [0, 0.1) is 0 Å². The number of benzene rings is 3. The maximum atomic E-state index is 13.2. The summed E-state index contributed by atoms with van der Waals surface area (Å²) in [5, 5.41) is 2.98. The van der Waals surface area contributed by atoms with Gasteiger partial charge in [-0.25, -0.2) is 13.8 Å². The molecule has 0 saturated carbocycles. The van der Waals surface area contributed by atoms with Crippen molar-refractivity contribution < 1.29 is 0 Å². The summed E-state index contributed by atoms with van der Waals surface area (Å²) in [6.45, 7) is 0. The van der Waals surface area contributed by atoms with Gasteiger partial charge in [-0.05, 0) is 29.7 Å². The van der Waals surface area contributed by atoms with E-state index in [9.17, 15) is 9.59 Å². The molecule has 26 heavy (non-hydrogen) atoms. The fraction of sp³-hybridized carbons (Fsp3) is 0. The Bertz CT molecular complexity index is 1630. The van der Waals surface area contributed by atoms with Crippen molar-refractivity contribution in [3.05, 3.63) is 87.4 Å². The molecule has 122 valence electrons. The van der Waals surface area contributed by atoms with Crippen LogP contribution in [0.2, 0.25) is 0 Å². The fourth-order valence-corrected chi connectivity index (χ4v) is 3.97. The van der Waals surface area contributed by atoms with E-state index < -0.39 is 0 Å². The van der Waals surface area contributed by atoms with E-state index in [1.807, 2.05) is 54.6 Å². The third-order valence-electron chi connectivity index (χ3n) is 5.09. The third kappa shape index (κ3) is 1.44. The molecule has 5 nitrogen and oxygen atoms in total. The summed E-state index contributed by atoms with van der Waals surface area (Å²) < 4.78 is 3.12. The molecule has 5 heteroatoms. The Kier molecular flexibility index (Phi) is 2.32. The average molecular weight is 337 g/mol. The first-order valence-electron chi connectivity index (χ1n) is 8.35. The maximum absolute atomic E-state index is 13.2. The minimum Gasteiger partial charge on any atom is -0.268 e. The quantitative estimate of drug-likeness (QED) is 0.400. The monoisotopic (exact) mass is 337 g/mol. The first-order valence-corrected chi connectivity index (χ1v) is 8.35. The highest BCUT2D eigenvalue weighted by Crippen LogP contribution is 2.28. The highest BCUT2D eigenvalue weighted by atomic mass is 16.1. The Morgan fingerprint density at radius 3 is 2.12 bits per heavy atom. The number of hydrogen-bond donors (Lipinski definition) is 0. The molecule has 3 heterocycles. The zero-order valence-corrected chi connectivity index (χ0v) is 13.5. The molecule has 0 N–H and O–H groups in total. The van der Waals surface area contributed by atoms with Crippen LogP contribution in [-0.4, -0.2) is 13.8 Å². The van der Waals surface area contributed by atoms with Crippen LogP contribution in [0.25, 0.3) is 43.9 Å². The van der Waals surface area contributed by atoms with Crippen molar-refractivity contribution in [2.45, 2.75) is 0 Å². The second-order valence-corrected chi connectivity index (χ2v) is 6.43. The van der Waals surface area contributed by atoms with Gasteiger partial charge in [-0.1, -0.05) is 42.5 Å². The van der Waals surface area contributed by atoms with Crippen molar-refractivity contribution in [3.63, 3.8) is 0 Å². The molecule has 0 aliphatic heterocycles. The van der Waals surface area contributed by atoms with E-state index in [4.69, 9.17) is 0 Å². The number of para-hydroxylation sites is 2. The molecule has 6 aromatic rings. The molecular weight excluding hydrogens is 326 g/mol. The summed E-state index contributed by atoms with van der Waals surface area (Å²) in [5.41, 5.74) is 1.70. The number of imidazole rings is 1. The summed E-state index contributed by atoms with van der Waals surface area (Å²) in [7, 11) is 0. The Labute approximate surface area is 145 Å². The number of fused-ring (bicyclic) bond motifs is 6. The Morgan fingerprint density at radius 2 is 1.27 bits per heavy atom. The molecule has 0 unspecified atom stereocenters. The maximum Gasteiger partial charge on any atom is 0.267 e. The fourth-order valence-electron chi connectivity index (χ4n) is 3.97. The predicted molar refractivity (Wildman–Crippen MR) is 102 cm³/mol. The lowest BCUT2D eigenvalue weighted by Crippen LogP contribution is -2.17. The van der Waals surface area contributed by atoms with E-state index in [2.05, 4.69) is 4.98 Å². The minimum absolute atomic E-state index is 0.158. The van der Waals surface area contributed by atoms with Crippen molar-refractivity contribution in [2.24, 2.45) is 0 Å². The van der Waals surface area contributed by atoms with Crippen LogP contribution in [0.3, 0.4) is 0 Å². The largest absolute Gasteiger partial charge is 0.268 e. The van der Waals surface area contributed by atoms with Crippen LogP contribution in [0.1, 0.15) is 0 Å². The second-order valence-electron chi connectivity index (χ2n) is 6.43. The Hall–Kier alpha value is -3.73. The van der Waals surface area contributed by atoms with Crippen molar-refractivity contribution in [3.8, 4) is 0 Å². The van der Waals surface area contributed by atoms with Crippen molar-refractivity contribution in [2.75, 3.05) is 0 Å². The molecule has 0 bridgehead atoms. The molecule has 0 aliphatic carbocycles. The summed E-state index contributed by atoms with van der Waals surface area (Å²) >= 11 is 0. The van der Waals surface area contributed by atoms with Crippen LogP contribution < -0.4 is 11.1 Å². The first kappa shape index (κ1) is 13.5. The lowest BCUT2D eigenvalue weighted by atomic mass is 10.1. The van der Waals surface area contributed by atoms with Gasteiger partial charge in [-0.2, -0.15) is 0 Å². The third-order valence-corrected chi connectivity index (χ3v) is 5.09. The van der Waals surface area contributed by atoms with E-state index in [1.165, 1.54) is 0 Å². The molecule has 0 atom stereocenters. The van der Waals surface area contributed by atoms with Crippen molar-refractivity contribution in [1.29, 1.82) is 0 Å². The number of rotatable bonds is 0. The van der Waals surface area contributed by atoms with Gasteiger partial charge in [0.2, 0.25) is 5.78 Å². The molecule has 0 spiro atoms. The van der Waals surface area contributed by atoms with Gasteiger partial charge in [0.05, 0.1) is 21.9 Å².